The van der Waals surface area contributed by atoms with Gasteiger partial charge in [-0.25, -0.2) is 0 Å². The predicted octanol–water partition coefficient (Wildman–Crippen LogP) is 3.19. The van der Waals surface area contributed by atoms with Gasteiger partial charge in [0.05, 0.1) is 12.7 Å². The SMILES string of the molecule is CCN(Cc1ccc(OC)c(C#N)c1)CC1CCC1. The average Bonchev–Trinajstić information content (AvgIpc) is 2.41. The van der Waals surface area contributed by atoms with E-state index in [4.69, 9.17) is 10.00 Å². The molecule has 0 saturated heterocycles. The summed E-state index contributed by atoms with van der Waals surface area (Å²) < 4.78 is 5.18. The molecule has 1 aliphatic carbocycles. The van der Waals surface area contributed by atoms with E-state index in [1.54, 1.807) is 7.11 Å². The van der Waals surface area contributed by atoms with E-state index in [-0.39, 0.29) is 0 Å². The second-order valence-electron chi connectivity index (χ2n) is 5.27. The molecule has 1 fully saturated rings. The highest BCUT2D eigenvalue weighted by Gasteiger charge is 2.20. The number of hydrogen-bond acceptors (Lipinski definition) is 3. The highest BCUT2D eigenvalue weighted by molar-refractivity contribution is 5.45. The van der Waals surface area contributed by atoms with Crippen molar-refractivity contribution in [3.8, 4) is 11.8 Å². The monoisotopic (exact) mass is 258 g/mol. The standard InChI is InChI=1S/C16H22N2O/c1-3-18(11-13-5-4-6-13)12-14-7-8-16(19-2)15(9-14)10-17/h7-9,13H,3-6,11-12H2,1-2H3. The largest absolute Gasteiger partial charge is 0.495 e. The summed E-state index contributed by atoms with van der Waals surface area (Å²) in [7, 11) is 1.60. The van der Waals surface area contributed by atoms with E-state index in [1.807, 2.05) is 12.1 Å². The number of benzene rings is 1. The van der Waals surface area contributed by atoms with Crippen molar-refractivity contribution in [3.63, 3.8) is 0 Å². The first-order valence-corrected chi connectivity index (χ1v) is 7.06. The molecule has 0 amide bonds. The molecule has 3 heteroatoms. The molecule has 1 aromatic carbocycles. The Balaban J connectivity index is 2.02. The first-order valence-electron chi connectivity index (χ1n) is 7.06. The van der Waals surface area contributed by atoms with E-state index >= 15 is 0 Å². The van der Waals surface area contributed by atoms with E-state index in [0.717, 1.165) is 19.0 Å². The Bertz CT molecular complexity index is 460. The normalized spacial score (nSPS) is 15.1. The van der Waals surface area contributed by atoms with E-state index in [2.05, 4.69) is 24.0 Å². The number of methoxy groups -OCH3 is 1. The molecular formula is C16H22N2O. The minimum absolute atomic E-state index is 0.625. The van der Waals surface area contributed by atoms with Crippen LogP contribution >= 0.6 is 0 Å². The molecular weight excluding hydrogens is 236 g/mol. The van der Waals surface area contributed by atoms with Crippen molar-refractivity contribution in [3.05, 3.63) is 29.3 Å². The summed E-state index contributed by atoms with van der Waals surface area (Å²) in [5.41, 5.74) is 1.82. The molecule has 19 heavy (non-hydrogen) atoms. The third kappa shape index (κ3) is 3.48. The Morgan fingerprint density at radius 3 is 2.74 bits per heavy atom. The summed E-state index contributed by atoms with van der Waals surface area (Å²) in [5, 5.41) is 9.11. The Morgan fingerprint density at radius 2 is 2.21 bits per heavy atom. The molecule has 102 valence electrons. The minimum atomic E-state index is 0.625. The topological polar surface area (TPSA) is 36.3 Å². The van der Waals surface area contributed by atoms with Crippen LogP contribution in [0.4, 0.5) is 0 Å². The molecule has 0 radical (unpaired) electrons. The van der Waals surface area contributed by atoms with Crippen LogP contribution in [0.25, 0.3) is 0 Å². The molecule has 1 saturated carbocycles. The molecule has 1 aromatic rings. The maximum Gasteiger partial charge on any atom is 0.136 e. The minimum Gasteiger partial charge on any atom is -0.495 e. The average molecular weight is 258 g/mol. The van der Waals surface area contributed by atoms with Crippen LogP contribution in [-0.2, 0) is 6.54 Å². The van der Waals surface area contributed by atoms with Gasteiger partial charge < -0.3 is 4.74 Å². The second kappa shape index (κ2) is 6.58. The van der Waals surface area contributed by atoms with Gasteiger partial charge >= 0.3 is 0 Å². The summed E-state index contributed by atoms with van der Waals surface area (Å²) in [5.74, 6) is 1.54. The van der Waals surface area contributed by atoms with Crippen LogP contribution < -0.4 is 4.74 Å². The number of hydrogen-bond donors (Lipinski definition) is 0. The first kappa shape index (κ1) is 13.9. The smallest absolute Gasteiger partial charge is 0.136 e. The lowest BCUT2D eigenvalue weighted by Gasteiger charge is -2.31. The molecule has 0 atom stereocenters. The maximum absolute atomic E-state index is 9.11. The fourth-order valence-corrected chi connectivity index (χ4v) is 2.55. The fourth-order valence-electron chi connectivity index (χ4n) is 2.55. The zero-order valence-corrected chi connectivity index (χ0v) is 11.9. The van der Waals surface area contributed by atoms with Gasteiger partial charge in [0.25, 0.3) is 0 Å². The van der Waals surface area contributed by atoms with Crippen molar-refractivity contribution in [2.75, 3.05) is 20.2 Å². The van der Waals surface area contributed by atoms with Gasteiger partial charge in [-0.2, -0.15) is 5.26 Å². The Morgan fingerprint density at radius 1 is 1.42 bits per heavy atom. The van der Waals surface area contributed by atoms with E-state index in [1.165, 1.54) is 31.4 Å². The van der Waals surface area contributed by atoms with Crippen molar-refractivity contribution >= 4 is 0 Å². The van der Waals surface area contributed by atoms with Gasteiger partial charge in [0.2, 0.25) is 0 Å². The van der Waals surface area contributed by atoms with Crippen molar-refractivity contribution in [1.29, 1.82) is 5.26 Å². The third-order valence-electron chi connectivity index (χ3n) is 3.98. The summed E-state index contributed by atoms with van der Waals surface area (Å²) >= 11 is 0. The lowest BCUT2D eigenvalue weighted by Crippen LogP contribution is -2.32. The lowest BCUT2D eigenvalue weighted by atomic mass is 9.85. The van der Waals surface area contributed by atoms with Crippen LogP contribution in [0.2, 0.25) is 0 Å². The zero-order valence-electron chi connectivity index (χ0n) is 11.9. The molecule has 1 aliphatic rings. The molecule has 0 aliphatic heterocycles. The molecule has 2 rings (SSSR count). The third-order valence-corrected chi connectivity index (χ3v) is 3.98. The fraction of sp³-hybridized carbons (Fsp3) is 0.562. The van der Waals surface area contributed by atoms with E-state index in [0.29, 0.717) is 11.3 Å². The first-order chi connectivity index (χ1) is 9.26. The van der Waals surface area contributed by atoms with Crippen LogP contribution in [-0.4, -0.2) is 25.1 Å². The number of nitriles is 1. The maximum atomic E-state index is 9.11. The molecule has 3 nitrogen and oxygen atoms in total. The number of ether oxygens (including phenoxy) is 1. The van der Waals surface area contributed by atoms with Gasteiger partial charge in [-0.15, -0.1) is 0 Å². The van der Waals surface area contributed by atoms with Crippen molar-refractivity contribution in [2.24, 2.45) is 5.92 Å². The van der Waals surface area contributed by atoms with Crippen LogP contribution in [0, 0.1) is 17.2 Å². The van der Waals surface area contributed by atoms with Gasteiger partial charge in [-0.3, -0.25) is 4.90 Å². The Kier molecular flexibility index (Phi) is 4.81. The van der Waals surface area contributed by atoms with Crippen molar-refractivity contribution < 1.29 is 4.74 Å². The molecule has 0 aromatic heterocycles. The predicted molar refractivity (Wildman–Crippen MR) is 76.0 cm³/mol. The molecule has 0 spiro atoms. The van der Waals surface area contributed by atoms with Gasteiger partial charge in [-0.05, 0) is 43.0 Å². The highest BCUT2D eigenvalue weighted by Crippen LogP contribution is 2.28. The van der Waals surface area contributed by atoms with Crippen LogP contribution in [0.5, 0.6) is 5.75 Å². The molecule has 0 N–H and O–H groups in total. The summed E-state index contributed by atoms with van der Waals surface area (Å²) in [6.45, 7) is 5.37. The quantitative estimate of drug-likeness (QED) is 0.786. The summed E-state index contributed by atoms with van der Waals surface area (Å²) in [6.07, 6.45) is 4.15. The highest BCUT2D eigenvalue weighted by atomic mass is 16.5. The van der Waals surface area contributed by atoms with Gasteiger partial charge in [0.15, 0.2) is 0 Å². The summed E-state index contributed by atoms with van der Waals surface area (Å²) in [4.78, 5) is 2.47. The Labute approximate surface area is 115 Å². The second-order valence-corrected chi connectivity index (χ2v) is 5.27. The Hall–Kier alpha value is -1.53. The molecule has 0 bridgehead atoms. The zero-order chi connectivity index (χ0) is 13.7. The number of nitrogens with zero attached hydrogens (tertiary/aromatic N) is 2. The molecule has 0 heterocycles. The van der Waals surface area contributed by atoms with Gasteiger partial charge in [0, 0.05) is 13.1 Å². The van der Waals surface area contributed by atoms with E-state index < -0.39 is 0 Å². The van der Waals surface area contributed by atoms with Crippen LogP contribution in [0.15, 0.2) is 18.2 Å². The number of rotatable bonds is 6. The van der Waals surface area contributed by atoms with E-state index in [9.17, 15) is 0 Å². The molecule has 0 unspecified atom stereocenters. The van der Waals surface area contributed by atoms with Crippen LogP contribution in [0.1, 0.15) is 37.3 Å². The lowest BCUT2D eigenvalue weighted by molar-refractivity contribution is 0.178. The van der Waals surface area contributed by atoms with Gasteiger partial charge in [0.1, 0.15) is 11.8 Å². The van der Waals surface area contributed by atoms with Crippen molar-refractivity contribution in [1.82, 2.24) is 4.90 Å². The van der Waals surface area contributed by atoms with Crippen molar-refractivity contribution in [2.45, 2.75) is 32.7 Å². The van der Waals surface area contributed by atoms with Gasteiger partial charge in [-0.1, -0.05) is 19.4 Å². The summed E-state index contributed by atoms with van der Waals surface area (Å²) in [6, 6.07) is 8.10. The van der Waals surface area contributed by atoms with Crippen LogP contribution in [0.3, 0.4) is 0 Å².